The predicted molar refractivity (Wildman–Crippen MR) is 78.7 cm³/mol. The highest BCUT2D eigenvalue weighted by atomic mass is 16.2. The summed E-state index contributed by atoms with van der Waals surface area (Å²) in [4.78, 5) is 28.0. The topological polar surface area (TPSA) is 84.5 Å². The van der Waals surface area contributed by atoms with Gasteiger partial charge in [-0.25, -0.2) is 0 Å². The molecule has 0 radical (unpaired) electrons. The fourth-order valence-electron chi connectivity index (χ4n) is 2.60. The number of rotatable bonds is 3. The zero-order valence-corrected chi connectivity index (χ0v) is 12.8. The molecule has 0 unspecified atom stereocenters. The Labute approximate surface area is 124 Å². The van der Waals surface area contributed by atoms with E-state index >= 15 is 0 Å². The van der Waals surface area contributed by atoms with Gasteiger partial charge in [0.2, 0.25) is 5.91 Å². The smallest absolute Gasteiger partial charge is 0.272 e. The molecule has 116 valence electrons. The lowest BCUT2D eigenvalue weighted by Gasteiger charge is -2.23. The first-order valence-electron chi connectivity index (χ1n) is 7.20. The number of likely N-dealkylation sites (N-methyl/N-ethyl adjacent to an activating group) is 1. The molecule has 0 spiro atoms. The Morgan fingerprint density at radius 2 is 2.05 bits per heavy atom. The normalized spacial score (nSPS) is 20.6. The summed E-state index contributed by atoms with van der Waals surface area (Å²) >= 11 is 0. The van der Waals surface area contributed by atoms with E-state index in [0.717, 1.165) is 6.54 Å². The maximum absolute atomic E-state index is 12.7. The highest BCUT2D eigenvalue weighted by molar-refractivity contribution is 5.93. The molecule has 21 heavy (non-hydrogen) atoms. The van der Waals surface area contributed by atoms with E-state index in [1.165, 1.54) is 0 Å². The van der Waals surface area contributed by atoms with Gasteiger partial charge in [-0.15, -0.1) is 0 Å². The van der Waals surface area contributed by atoms with Crippen molar-refractivity contribution >= 4 is 11.8 Å². The Morgan fingerprint density at radius 3 is 2.67 bits per heavy atom. The third kappa shape index (κ3) is 3.41. The van der Waals surface area contributed by atoms with Gasteiger partial charge in [0.25, 0.3) is 5.91 Å². The van der Waals surface area contributed by atoms with Crippen LogP contribution in [0, 0.1) is 5.92 Å². The average Bonchev–Trinajstić information content (AvgIpc) is 2.82. The highest BCUT2D eigenvalue weighted by Crippen LogP contribution is 2.14. The first kappa shape index (κ1) is 15.5. The predicted octanol–water partition coefficient (Wildman–Crippen LogP) is -0.0469. The Hall–Kier alpha value is -1.89. The fourth-order valence-corrected chi connectivity index (χ4v) is 2.60. The zero-order valence-electron chi connectivity index (χ0n) is 12.8. The molecule has 0 aliphatic carbocycles. The maximum atomic E-state index is 12.7. The lowest BCUT2D eigenvalue weighted by Crippen LogP contribution is -2.41. The molecule has 1 fully saturated rings. The van der Waals surface area contributed by atoms with Crippen LogP contribution >= 0.6 is 0 Å². The summed E-state index contributed by atoms with van der Waals surface area (Å²) in [5.41, 5.74) is 5.99. The van der Waals surface area contributed by atoms with Crippen molar-refractivity contribution in [3.63, 3.8) is 0 Å². The molecule has 2 N–H and O–H groups in total. The molecule has 0 aromatic carbocycles. The van der Waals surface area contributed by atoms with Crippen molar-refractivity contribution in [2.24, 2.45) is 11.7 Å². The third-order valence-corrected chi connectivity index (χ3v) is 3.79. The van der Waals surface area contributed by atoms with Crippen molar-refractivity contribution in [2.75, 3.05) is 33.2 Å². The SMILES string of the molecule is CC(C)n1nccc1C(=O)N1CCN(C)C[C@@H](C(N)=O)C1. The summed E-state index contributed by atoms with van der Waals surface area (Å²) in [5.74, 6) is -0.793. The second-order valence-electron chi connectivity index (χ2n) is 5.87. The summed E-state index contributed by atoms with van der Waals surface area (Å²) in [6, 6.07) is 1.83. The summed E-state index contributed by atoms with van der Waals surface area (Å²) in [5, 5.41) is 4.19. The van der Waals surface area contributed by atoms with Crippen molar-refractivity contribution in [3.8, 4) is 0 Å². The largest absolute Gasteiger partial charge is 0.369 e. The van der Waals surface area contributed by atoms with Crippen LogP contribution in [-0.4, -0.2) is 64.6 Å². The van der Waals surface area contributed by atoms with Crippen LogP contribution in [0.25, 0.3) is 0 Å². The molecular formula is C14H23N5O2. The van der Waals surface area contributed by atoms with E-state index in [9.17, 15) is 9.59 Å². The average molecular weight is 293 g/mol. The quantitative estimate of drug-likeness (QED) is 0.847. The van der Waals surface area contributed by atoms with Crippen molar-refractivity contribution in [1.29, 1.82) is 0 Å². The van der Waals surface area contributed by atoms with Crippen molar-refractivity contribution < 1.29 is 9.59 Å². The molecular weight excluding hydrogens is 270 g/mol. The molecule has 1 aliphatic rings. The summed E-state index contributed by atoms with van der Waals surface area (Å²) in [6.45, 7) is 6.22. The highest BCUT2D eigenvalue weighted by Gasteiger charge is 2.29. The molecule has 1 aromatic heterocycles. The van der Waals surface area contributed by atoms with Crippen LogP contribution in [0.15, 0.2) is 12.3 Å². The molecule has 7 nitrogen and oxygen atoms in total. The first-order valence-corrected chi connectivity index (χ1v) is 7.20. The number of hydrogen-bond donors (Lipinski definition) is 1. The van der Waals surface area contributed by atoms with Crippen LogP contribution in [0.5, 0.6) is 0 Å². The van der Waals surface area contributed by atoms with Crippen LogP contribution in [-0.2, 0) is 4.79 Å². The minimum Gasteiger partial charge on any atom is -0.369 e. The maximum Gasteiger partial charge on any atom is 0.272 e. The molecule has 1 aliphatic heterocycles. The lowest BCUT2D eigenvalue weighted by atomic mass is 10.1. The number of nitrogens with zero attached hydrogens (tertiary/aromatic N) is 4. The van der Waals surface area contributed by atoms with Gasteiger partial charge in [0.05, 0.1) is 5.92 Å². The van der Waals surface area contributed by atoms with E-state index in [1.807, 2.05) is 25.8 Å². The fraction of sp³-hybridized carbons (Fsp3) is 0.643. The van der Waals surface area contributed by atoms with E-state index in [0.29, 0.717) is 25.3 Å². The minimum absolute atomic E-state index is 0.0947. The van der Waals surface area contributed by atoms with Gasteiger partial charge >= 0.3 is 0 Å². The molecule has 2 rings (SSSR count). The van der Waals surface area contributed by atoms with Crippen molar-refractivity contribution in [2.45, 2.75) is 19.9 Å². The van der Waals surface area contributed by atoms with Gasteiger partial charge < -0.3 is 15.5 Å². The Bertz CT molecular complexity index is 525. The molecule has 0 bridgehead atoms. The van der Waals surface area contributed by atoms with Gasteiger partial charge in [-0.3, -0.25) is 14.3 Å². The molecule has 2 amide bonds. The summed E-state index contributed by atoms with van der Waals surface area (Å²) in [7, 11) is 1.93. The van der Waals surface area contributed by atoms with Crippen LogP contribution in [0.1, 0.15) is 30.4 Å². The van der Waals surface area contributed by atoms with Gasteiger partial charge in [-0.05, 0) is 27.0 Å². The molecule has 7 heteroatoms. The molecule has 2 heterocycles. The van der Waals surface area contributed by atoms with E-state index in [2.05, 4.69) is 5.10 Å². The zero-order chi connectivity index (χ0) is 15.6. The standard InChI is InChI=1S/C14H23N5O2/c1-10(2)19-12(4-5-16-19)14(21)18-7-6-17(3)8-11(9-18)13(15)20/h4-5,10-11H,6-9H2,1-3H3,(H2,15,20)/t11-/m1/s1. The monoisotopic (exact) mass is 293 g/mol. The lowest BCUT2D eigenvalue weighted by molar-refractivity contribution is -0.122. The van der Waals surface area contributed by atoms with Crippen LogP contribution in [0.3, 0.4) is 0 Å². The van der Waals surface area contributed by atoms with Crippen molar-refractivity contribution in [1.82, 2.24) is 19.6 Å². The van der Waals surface area contributed by atoms with Gasteiger partial charge in [-0.1, -0.05) is 0 Å². The number of carbonyl (C=O) groups is 2. The summed E-state index contributed by atoms with van der Waals surface area (Å²) < 4.78 is 1.70. The third-order valence-electron chi connectivity index (χ3n) is 3.79. The van der Waals surface area contributed by atoms with Crippen LogP contribution < -0.4 is 5.73 Å². The van der Waals surface area contributed by atoms with Gasteiger partial charge in [0.15, 0.2) is 0 Å². The van der Waals surface area contributed by atoms with E-state index < -0.39 is 0 Å². The molecule has 1 saturated heterocycles. The number of aromatic nitrogens is 2. The Morgan fingerprint density at radius 1 is 1.33 bits per heavy atom. The van der Waals surface area contributed by atoms with Gasteiger partial charge in [0, 0.05) is 38.4 Å². The molecule has 1 aromatic rings. The van der Waals surface area contributed by atoms with Crippen LogP contribution in [0.4, 0.5) is 0 Å². The van der Waals surface area contributed by atoms with E-state index in [1.54, 1.807) is 21.8 Å². The van der Waals surface area contributed by atoms with Crippen molar-refractivity contribution in [3.05, 3.63) is 18.0 Å². The van der Waals surface area contributed by atoms with E-state index in [4.69, 9.17) is 5.73 Å². The second kappa shape index (κ2) is 6.26. The number of amides is 2. The first-order chi connectivity index (χ1) is 9.90. The van der Waals surface area contributed by atoms with Gasteiger partial charge in [-0.2, -0.15) is 5.10 Å². The number of carbonyl (C=O) groups excluding carboxylic acids is 2. The number of primary amides is 1. The van der Waals surface area contributed by atoms with E-state index in [-0.39, 0.29) is 23.8 Å². The Balaban J connectivity index is 2.21. The summed E-state index contributed by atoms with van der Waals surface area (Å²) in [6.07, 6.45) is 1.63. The Kier molecular flexibility index (Phi) is 4.62. The minimum atomic E-state index is -0.362. The van der Waals surface area contributed by atoms with Crippen LogP contribution in [0.2, 0.25) is 0 Å². The number of nitrogens with two attached hydrogens (primary N) is 1. The molecule has 0 saturated carbocycles. The number of hydrogen-bond acceptors (Lipinski definition) is 4. The van der Waals surface area contributed by atoms with Gasteiger partial charge in [0.1, 0.15) is 5.69 Å². The second-order valence-corrected chi connectivity index (χ2v) is 5.87. The molecule has 1 atom stereocenters.